The van der Waals surface area contributed by atoms with E-state index in [1.807, 2.05) is 23.9 Å². The Morgan fingerprint density at radius 3 is 2.62 bits per heavy atom. The first kappa shape index (κ1) is 29.2. The minimum Gasteiger partial charge on any atom is -0.542 e. The second-order valence-corrected chi connectivity index (χ2v) is 16.3. The smallest absolute Gasteiger partial charge is 0.335 e. The summed E-state index contributed by atoms with van der Waals surface area (Å²) in [5.74, 6) is 0.845. The van der Waals surface area contributed by atoms with Crippen LogP contribution < -0.4 is 9.74 Å². The molecule has 0 saturated heterocycles. The monoisotopic (exact) mass is 566 g/mol. The number of esters is 1. The molecule has 1 aliphatic carbocycles. The SMILES string of the molecule is COC(=O)C1=C(NC(=O)CCc2nc(-c3ccc(O[Si](C)(C)C(C)(C)C)cn3)no2)CCC(c2ccnn2C)C1. The fraction of sp³-hybridized carbons (Fsp3) is 0.500. The quantitative estimate of drug-likeness (QED) is 0.289. The molecular formula is C28H38N6O5Si. The van der Waals surface area contributed by atoms with Gasteiger partial charge in [0.1, 0.15) is 11.4 Å². The zero-order chi connectivity index (χ0) is 29.1. The lowest BCUT2D eigenvalue weighted by Crippen LogP contribution is -2.43. The van der Waals surface area contributed by atoms with Crippen molar-refractivity contribution in [2.45, 2.75) is 76.9 Å². The molecule has 3 heterocycles. The van der Waals surface area contributed by atoms with Crippen molar-refractivity contribution in [1.82, 2.24) is 30.2 Å². The third-order valence-electron chi connectivity index (χ3n) is 7.74. The third-order valence-corrected chi connectivity index (χ3v) is 12.1. The number of ether oxygens (including phenoxy) is 1. The van der Waals surface area contributed by atoms with E-state index in [4.69, 9.17) is 13.7 Å². The maximum Gasteiger partial charge on any atom is 0.335 e. The lowest BCUT2D eigenvalue weighted by atomic mass is 9.84. The maximum absolute atomic E-state index is 12.8. The highest BCUT2D eigenvalue weighted by Gasteiger charge is 2.39. The van der Waals surface area contributed by atoms with Crippen molar-refractivity contribution in [2.24, 2.45) is 7.05 Å². The van der Waals surface area contributed by atoms with E-state index in [1.165, 1.54) is 7.11 Å². The van der Waals surface area contributed by atoms with Crippen LogP contribution in [0.1, 0.15) is 64.0 Å². The van der Waals surface area contributed by atoms with Crippen LogP contribution in [0.4, 0.5) is 0 Å². The predicted octanol–water partition coefficient (Wildman–Crippen LogP) is 4.69. The van der Waals surface area contributed by atoms with Gasteiger partial charge >= 0.3 is 5.97 Å². The highest BCUT2D eigenvalue weighted by molar-refractivity contribution is 6.74. The summed E-state index contributed by atoms with van der Waals surface area (Å²) < 4.78 is 18.5. The number of allylic oxidation sites excluding steroid dienone is 1. The second kappa shape index (κ2) is 11.7. The van der Waals surface area contributed by atoms with Crippen LogP contribution >= 0.6 is 0 Å². The number of nitrogens with zero attached hydrogens (tertiary/aromatic N) is 5. The average Bonchev–Trinajstić information content (AvgIpc) is 3.56. The van der Waals surface area contributed by atoms with E-state index in [0.29, 0.717) is 47.3 Å². The molecule has 1 unspecified atom stereocenters. The normalized spacial score (nSPS) is 16.1. The van der Waals surface area contributed by atoms with Crippen LogP contribution in [-0.4, -0.2) is 52.2 Å². The van der Waals surface area contributed by atoms with E-state index >= 15 is 0 Å². The molecule has 0 bridgehead atoms. The summed E-state index contributed by atoms with van der Waals surface area (Å²) in [6, 6.07) is 5.61. The molecule has 3 aromatic rings. The number of aryl methyl sites for hydroxylation is 2. The van der Waals surface area contributed by atoms with Crippen LogP contribution in [0, 0.1) is 0 Å². The Labute approximate surface area is 235 Å². The molecule has 11 nitrogen and oxygen atoms in total. The summed E-state index contributed by atoms with van der Waals surface area (Å²) in [6.07, 6.45) is 5.61. The fourth-order valence-corrected chi connectivity index (χ4v) is 5.39. The van der Waals surface area contributed by atoms with Gasteiger partial charge in [-0.25, -0.2) is 9.78 Å². The molecule has 1 amide bonds. The zero-order valence-electron chi connectivity index (χ0n) is 24.3. The largest absolute Gasteiger partial charge is 0.542 e. The number of aromatic nitrogens is 5. The number of nitrogens with one attached hydrogen (secondary N) is 1. The van der Waals surface area contributed by atoms with E-state index in [-0.39, 0.29) is 29.7 Å². The second-order valence-electron chi connectivity index (χ2n) is 11.6. The summed E-state index contributed by atoms with van der Waals surface area (Å²) in [4.78, 5) is 34.1. The third kappa shape index (κ3) is 6.66. The first-order valence-electron chi connectivity index (χ1n) is 13.4. The highest BCUT2D eigenvalue weighted by atomic mass is 28.4. The molecule has 0 aromatic carbocycles. The van der Waals surface area contributed by atoms with Gasteiger partial charge in [0.05, 0.1) is 18.9 Å². The van der Waals surface area contributed by atoms with Gasteiger partial charge in [-0.15, -0.1) is 0 Å². The summed E-state index contributed by atoms with van der Waals surface area (Å²) in [7, 11) is 1.26. The molecule has 1 N–H and O–H groups in total. The zero-order valence-corrected chi connectivity index (χ0v) is 25.3. The van der Waals surface area contributed by atoms with Gasteiger partial charge in [0, 0.05) is 43.4 Å². The molecule has 0 radical (unpaired) electrons. The van der Waals surface area contributed by atoms with Crippen LogP contribution in [0.3, 0.4) is 0 Å². The Morgan fingerprint density at radius 2 is 2.00 bits per heavy atom. The van der Waals surface area contributed by atoms with Crippen LogP contribution in [0.5, 0.6) is 5.75 Å². The minimum atomic E-state index is -1.97. The van der Waals surface area contributed by atoms with Crippen molar-refractivity contribution in [3.05, 3.63) is 53.4 Å². The maximum atomic E-state index is 12.8. The molecule has 0 saturated carbocycles. The van der Waals surface area contributed by atoms with Crippen LogP contribution in [-0.2, 0) is 27.8 Å². The molecule has 4 rings (SSSR count). The molecule has 1 aliphatic rings. The van der Waals surface area contributed by atoms with Gasteiger partial charge in [-0.3, -0.25) is 9.48 Å². The summed E-state index contributed by atoms with van der Waals surface area (Å²) >= 11 is 0. The minimum absolute atomic E-state index is 0.0804. The molecule has 1 atom stereocenters. The van der Waals surface area contributed by atoms with Gasteiger partial charge < -0.3 is 19.0 Å². The fourth-order valence-electron chi connectivity index (χ4n) is 4.38. The molecule has 0 aliphatic heterocycles. The molecule has 12 heteroatoms. The van der Waals surface area contributed by atoms with Crippen molar-refractivity contribution < 1.29 is 23.3 Å². The average molecular weight is 567 g/mol. The van der Waals surface area contributed by atoms with Crippen LogP contribution in [0.15, 0.2) is 46.4 Å². The number of rotatable bonds is 9. The lowest BCUT2D eigenvalue weighted by Gasteiger charge is -2.36. The van der Waals surface area contributed by atoms with Crippen molar-refractivity contribution in [2.75, 3.05) is 7.11 Å². The number of amides is 1. The Kier molecular flexibility index (Phi) is 8.57. The molecule has 40 heavy (non-hydrogen) atoms. The topological polar surface area (TPSA) is 134 Å². The van der Waals surface area contributed by atoms with Crippen molar-refractivity contribution in [3.8, 4) is 17.3 Å². The highest BCUT2D eigenvalue weighted by Crippen LogP contribution is 2.38. The Bertz CT molecular complexity index is 1390. The van der Waals surface area contributed by atoms with Gasteiger partial charge in [0.2, 0.25) is 17.6 Å². The van der Waals surface area contributed by atoms with Crippen molar-refractivity contribution >= 4 is 20.2 Å². The van der Waals surface area contributed by atoms with Gasteiger partial charge in [0.25, 0.3) is 8.32 Å². The number of hydrogen-bond acceptors (Lipinski definition) is 9. The van der Waals surface area contributed by atoms with Gasteiger partial charge in [-0.2, -0.15) is 10.1 Å². The number of pyridine rings is 1. The molecule has 0 spiro atoms. The van der Waals surface area contributed by atoms with E-state index in [2.05, 4.69) is 59.4 Å². The molecule has 0 fully saturated rings. The summed E-state index contributed by atoms with van der Waals surface area (Å²) in [6.45, 7) is 10.9. The van der Waals surface area contributed by atoms with Gasteiger partial charge in [-0.05, 0) is 55.6 Å². The Morgan fingerprint density at radius 1 is 1.23 bits per heavy atom. The molecular weight excluding hydrogens is 528 g/mol. The van der Waals surface area contributed by atoms with E-state index in [1.54, 1.807) is 18.5 Å². The van der Waals surface area contributed by atoms with Gasteiger partial charge in [0.15, 0.2) is 0 Å². The number of carbonyl (C=O) groups excluding carboxylic acids is 2. The summed E-state index contributed by atoms with van der Waals surface area (Å²) in [5.41, 5.74) is 2.69. The molecule has 214 valence electrons. The predicted molar refractivity (Wildman–Crippen MR) is 151 cm³/mol. The van der Waals surface area contributed by atoms with Crippen molar-refractivity contribution in [1.29, 1.82) is 0 Å². The Balaban J connectivity index is 1.35. The van der Waals surface area contributed by atoms with Gasteiger partial charge in [-0.1, -0.05) is 25.9 Å². The van der Waals surface area contributed by atoms with Crippen LogP contribution in [0.2, 0.25) is 18.1 Å². The van der Waals surface area contributed by atoms with E-state index < -0.39 is 14.3 Å². The number of hydrogen-bond donors (Lipinski definition) is 1. The first-order valence-corrected chi connectivity index (χ1v) is 16.3. The molecule has 3 aromatic heterocycles. The standard InChI is InChI=1S/C28H38N6O5Si/c1-28(2,3)40(6,7)39-19-9-11-22(29-17-19)26-32-25(38-33-26)13-12-24(35)31-21-10-8-18(16-20(21)27(36)37-5)23-14-15-30-34(23)4/h9,11,14-15,17-18H,8,10,12-13,16H2,1-7H3,(H,31,35). The first-order chi connectivity index (χ1) is 18.9. The Hall–Kier alpha value is -3.80. The summed E-state index contributed by atoms with van der Waals surface area (Å²) in [5, 5.41) is 11.2. The number of methoxy groups -OCH3 is 1. The van der Waals surface area contributed by atoms with Crippen LogP contribution in [0.25, 0.3) is 11.5 Å². The lowest BCUT2D eigenvalue weighted by molar-refractivity contribution is -0.136. The number of carbonyl (C=O) groups is 2. The van der Waals surface area contributed by atoms with E-state index in [0.717, 1.165) is 12.1 Å². The van der Waals surface area contributed by atoms with Crippen molar-refractivity contribution in [3.63, 3.8) is 0 Å². The van der Waals surface area contributed by atoms with E-state index in [9.17, 15) is 9.59 Å².